The lowest BCUT2D eigenvalue weighted by Gasteiger charge is -2.32. The Bertz CT molecular complexity index is 896. The zero-order valence-corrected chi connectivity index (χ0v) is 16.7. The summed E-state index contributed by atoms with van der Waals surface area (Å²) < 4.78 is 2.35. The number of aryl methyl sites for hydroxylation is 1. The molecule has 0 saturated carbocycles. The molecule has 27 heavy (non-hydrogen) atoms. The summed E-state index contributed by atoms with van der Waals surface area (Å²) >= 11 is 6.19. The second kappa shape index (κ2) is 8.42. The molecule has 5 heteroatoms. The Hall–Kier alpha value is -1.88. The number of aromatic nitrogens is 2. The van der Waals surface area contributed by atoms with Crippen LogP contribution in [-0.4, -0.2) is 59.1 Å². The van der Waals surface area contributed by atoms with Gasteiger partial charge in [0.2, 0.25) is 0 Å². The third-order valence-corrected chi connectivity index (χ3v) is 5.67. The number of benzene rings is 2. The molecule has 0 atom stereocenters. The topological polar surface area (TPSA) is 24.3 Å². The van der Waals surface area contributed by atoms with E-state index < -0.39 is 0 Å². The number of imidazole rings is 1. The molecule has 4 rings (SSSR count). The van der Waals surface area contributed by atoms with Crippen molar-refractivity contribution in [2.24, 2.45) is 0 Å². The van der Waals surface area contributed by atoms with E-state index in [2.05, 4.69) is 51.7 Å². The van der Waals surface area contributed by atoms with Crippen molar-refractivity contribution >= 4 is 22.6 Å². The lowest BCUT2D eigenvalue weighted by atomic mass is 10.2. The number of halogens is 1. The summed E-state index contributed by atoms with van der Waals surface area (Å²) in [6, 6.07) is 16.5. The fourth-order valence-corrected chi connectivity index (χ4v) is 4.06. The van der Waals surface area contributed by atoms with Gasteiger partial charge in [-0.3, -0.25) is 0 Å². The molecular formula is C22H27ClN4. The van der Waals surface area contributed by atoms with Gasteiger partial charge in [0.1, 0.15) is 5.82 Å². The minimum Gasteiger partial charge on any atom is -0.323 e. The average Bonchev–Trinajstić information content (AvgIpc) is 3.01. The molecule has 1 aliphatic heterocycles. The van der Waals surface area contributed by atoms with Crippen LogP contribution in [-0.2, 0) is 13.0 Å². The number of hydrogen-bond donors (Lipinski definition) is 0. The molecule has 1 saturated heterocycles. The van der Waals surface area contributed by atoms with Gasteiger partial charge in [-0.05, 0) is 49.8 Å². The molecule has 0 bridgehead atoms. The molecule has 1 aliphatic rings. The van der Waals surface area contributed by atoms with Crippen molar-refractivity contribution < 1.29 is 0 Å². The number of likely N-dealkylation sites (N-methyl/N-ethyl adjacent to an activating group) is 1. The van der Waals surface area contributed by atoms with E-state index in [1.54, 1.807) is 0 Å². The first-order valence-corrected chi connectivity index (χ1v) is 10.2. The molecule has 0 spiro atoms. The fourth-order valence-electron chi connectivity index (χ4n) is 3.84. The highest BCUT2D eigenvalue weighted by Gasteiger charge is 2.15. The molecule has 0 aliphatic carbocycles. The third kappa shape index (κ3) is 4.52. The molecule has 0 amide bonds. The number of hydrogen-bond acceptors (Lipinski definition) is 3. The maximum atomic E-state index is 6.19. The van der Waals surface area contributed by atoms with Gasteiger partial charge >= 0.3 is 0 Å². The van der Waals surface area contributed by atoms with Crippen molar-refractivity contribution in [1.29, 1.82) is 0 Å². The summed E-state index contributed by atoms with van der Waals surface area (Å²) in [6.07, 6.45) is 2.14. The highest BCUT2D eigenvalue weighted by molar-refractivity contribution is 6.30. The van der Waals surface area contributed by atoms with Crippen LogP contribution in [0.3, 0.4) is 0 Å². The van der Waals surface area contributed by atoms with Gasteiger partial charge < -0.3 is 14.4 Å². The predicted octanol–water partition coefficient (Wildman–Crippen LogP) is 3.92. The Morgan fingerprint density at radius 1 is 1.00 bits per heavy atom. The van der Waals surface area contributed by atoms with Gasteiger partial charge in [0.25, 0.3) is 0 Å². The van der Waals surface area contributed by atoms with Gasteiger partial charge in [-0.15, -0.1) is 0 Å². The van der Waals surface area contributed by atoms with Crippen LogP contribution in [0, 0.1) is 0 Å². The number of nitrogens with zero attached hydrogens (tertiary/aromatic N) is 4. The Morgan fingerprint density at radius 2 is 1.81 bits per heavy atom. The van der Waals surface area contributed by atoms with E-state index in [-0.39, 0.29) is 0 Å². The molecular weight excluding hydrogens is 356 g/mol. The Balaban J connectivity index is 1.49. The third-order valence-electron chi connectivity index (χ3n) is 5.43. The highest BCUT2D eigenvalue weighted by atomic mass is 35.5. The molecule has 0 radical (unpaired) electrons. The predicted molar refractivity (Wildman–Crippen MR) is 113 cm³/mol. The van der Waals surface area contributed by atoms with Crippen molar-refractivity contribution in [3.8, 4) is 0 Å². The van der Waals surface area contributed by atoms with Gasteiger partial charge in [-0.2, -0.15) is 0 Å². The standard InChI is InChI=1S/C22H27ClN4/c1-25-12-14-26(15-13-25)11-5-10-22-24-20-8-2-3-9-21(20)27(22)17-18-6-4-7-19(23)16-18/h2-4,6-9,16H,5,10-15,17H2,1H3. The SMILES string of the molecule is CN1CCN(CCCc2nc3ccccc3n2Cc2cccc(Cl)c2)CC1. The van der Waals surface area contributed by atoms with Crippen molar-refractivity contribution in [3.63, 3.8) is 0 Å². The van der Waals surface area contributed by atoms with E-state index in [1.807, 2.05) is 18.2 Å². The lowest BCUT2D eigenvalue weighted by Crippen LogP contribution is -2.44. The van der Waals surface area contributed by atoms with Crippen molar-refractivity contribution in [2.75, 3.05) is 39.8 Å². The second-order valence-electron chi connectivity index (χ2n) is 7.48. The van der Waals surface area contributed by atoms with E-state index in [0.29, 0.717) is 0 Å². The van der Waals surface area contributed by atoms with Gasteiger partial charge in [0.05, 0.1) is 11.0 Å². The Labute approximate surface area is 166 Å². The molecule has 3 aromatic rings. The molecule has 142 valence electrons. The smallest absolute Gasteiger partial charge is 0.110 e. The maximum absolute atomic E-state index is 6.19. The van der Waals surface area contributed by atoms with Crippen LogP contribution in [0.4, 0.5) is 0 Å². The van der Waals surface area contributed by atoms with E-state index in [9.17, 15) is 0 Å². The van der Waals surface area contributed by atoms with E-state index in [1.165, 1.54) is 43.1 Å². The van der Waals surface area contributed by atoms with Crippen molar-refractivity contribution in [2.45, 2.75) is 19.4 Å². The summed E-state index contributed by atoms with van der Waals surface area (Å²) in [5.74, 6) is 1.17. The summed E-state index contributed by atoms with van der Waals surface area (Å²) in [5.41, 5.74) is 3.49. The summed E-state index contributed by atoms with van der Waals surface area (Å²) in [5, 5.41) is 0.786. The van der Waals surface area contributed by atoms with Gasteiger partial charge in [0.15, 0.2) is 0 Å². The van der Waals surface area contributed by atoms with Crippen LogP contribution < -0.4 is 0 Å². The van der Waals surface area contributed by atoms with E-state index >= 15 is 0 Å². The minimum atomic E-state index is 0.786. The van der Waals surface area contributed by atoms with Gasteiger partial charge in [0, 0.05) is 44.2 Å². The molecule has 1 fully saturated rings. The highest BCUT2D eigenvalue weighted by Crippen LogP contribution is 2.20. The Morgan fingerprint density at radius 3 is 2.63 bits per heavy atom. The second-order valence-corrected chi connectivity index (χ2v) is 7.92. The number of fused-ring (bicyclic) bond motifs is 1. The summed E-state index contributed by atoms with van der Waals surface area (Å²) in [7, 11) is 2.20. The average molecular weight is 383 g/mol. The van der Waals surface area contributed by atoms with E-state index in [0.717, 1.165) is 36.5 Å². The zero-order chi connectivity index (χ0) is 18.6. The normalized spacial score (nSPS) is 16.2. The van der Waals surface area contributed by atoms with Crippen molar-refractivity contribution in [1.82, 2.24) is 19.4 Å². The van der Waals surface area contributed by atoms with Crippen molar-refractivity contribution in [3.05, 3.63) is 64.9 Å². The maximum Gasteiger partial charge on any atom is 0.110 e. The monoisotopic (exact) mass is 382 g/mol. The quantitative estimate of drug-likeness (QED) is 0.645. The van der Waals surface area contributed by atoms with Crippen LogP contribution in [0.2, 0.25) is 5.02 Å². The summed E-state index contributed by atoms with van der Waals surface area (Å²) in [6.45, 7) is 6.66. The molecule has 0 N–H and O–H groups in total. The Kier molecular flexibility index (Phi) is 5.77. The van der Waals surface area contributed by atoms with Crippen LogP contribution >= 0.6 is 11.6 Å². The van der Waals surface area contributed by atoms with Gasteiger partial charge in [-0.1, -0.05) is 35.9 Å². The minimum absolute atomic E-state index is 0.786. The summed E-state index contributed by atoms with van der Waals surface area (Å²) in [4.78, 5) is 9.91. The van der Waals surface area contributed by atoms with Crippen LogP contribution in [0.5, 0.6) is 0 Å². The largest absolute Gasteiger partial charge is 0.323 e. The lowest BCUT2D eigenvalue weighted by molar-refractivity contribution is 0.152. The zero-order valence-electron chi connectivity index (χ0n) is 15.9. The first kappa shape index (κ1) is 18.5. The molecule has 2 heterocycles. The van der Waals surface area contributed by atoms with E-state index in [4.69, 9.17) is 16.6 Å². The fraction of sp³-hybridized carbons (Fsp3) is 0.409. The van der Waals surface area contributed by atoms with Crippen LogP contribution in [0.15, 0.2) is 48.5 Å². The van der Waals surface area contributed by atoms with Gasteiger partial charge in [-0.25, -0.2) is 4.98 Å². The number of rotatable bonds is 6. The van der Waals surface area contributed by atoms with Crippen LogP contribution in [0.1, 0.15) is 17.8 Å². The molecule has 2 aromatic carbocycles. The number of piperazine rings is 1. The van der Waals surface area contributed by atoms with Crippen LogP contribution in [0.25, 0.3) is 11.0 Å². The molecule has 0 unspecified atom stereocenters. The first-order chi connectivity index (χ1) is 13.2. The number of para-hydroxylation sites is 2. The molecule has 1 aromatic heterocycles. The molecule has 4 nitrogen and oxygen atoms in total. The first-order valence-electron chi connectivity index (χ1n) is 9.78.